The molecule has 0 spiro atoms. The first kappa shape index (κ1) is 15.0. The van der Waals surface area contributed by atoms with Gasteiger partial charge in [-0.05, 0) is 55.3 Å². The van der Waals surface area contributed by atoms with Gasteiger partial charge < -0.3 is 10.6 Å². The molecular formula is C17H19FN2O. The summed E-state index contributed by atoms with van der Waals surface area (Å²) < 4.78 is 13.3. The highest BCUT2D eigenvalue weighted by atomic mass is 19.1. The van der Waals surface area contributed by atoms with Crippen molar-refractivity contribution in [1.29, 1.82) is 0 Å². The fourth-order valence-corrected chi connectivity index (χ4v) is 2.20. The van der Waals surface area contributed by atoms with E-state index in [4.69, 9.17) is 5.73 Å². The summed E-state index contributed by atoms with van der Waals surface area (Å²) in [4.78, 5) is 14.2. The lowest BCUT2D eigenvalue weighted by atomic mass is 10.1. The monoisotopic (exact) mass is 286 g/mol. The topological polar surface area (TPSA) is 46.3 Å². The van der Waals surface area contributed by atoms with Gasteiger partial charge in [-0.15, -0.1) is 0 Å². The molecule has 2 aromatic rings. The molecule has 21 heavy (non-hydrogen) atoms. The summed E-state index contributed by atoms with van der Waals surface area (Å²) in [5.41, 5.74) is 8.38. The predicted molar refractivity (Wildman–Crippen MR) is 82.4 cm³/mol. The second-order valence-corrected chi connectivity index (χ2v) is 5.03. The summed E-state index contributed by atoms with van der Waals surface area (Å²) in [5, 5.41) is 0. The molecular weight excluding hydrogens is 267 g/mol. The van der Waals surface area contributed by atoms with Crippen LogP contribution in [0.25, 0.3) is 0 Å². The number of nitrogens with zero attached hydrogens (tertiary/aromatic N) is 1. The highest BCUT2D eigenvalue weighted by molar-refractivity contribution is 5.94. The van der Waals surface area contributed by atoms with Gasteiger partial charge >= 0.3 is 0 Å². The number of aryl methyl sites for hydroxylation is 1. The molecule has 0 heterocycles. The van der Waals surface area contributed by atoms with Gasteiger partial charge in [0.1, 0.15) is 5.82 Å². The van der Waals surface area contributed by atoms with Crippen molar-refractivity contribution < 1.29 is 9.18 Å². The summed E-state index contributed by atoms with van der Waals surface area (Å²) in [6, 6.07) is 11.9. The van der Waals surface area contributed by atoms with E-state index < -0.39 is 0 Å². The number of amides is 1. The minimum Gasteiger partial charge on any atom is -0.399 e. The number of nitrogens with two attached hydrogens (primary N) is 1. The molecule has 0 atom stereocenters. The third-order valence-corrected chi connectivity index (χ3v) is 3.40. The lowest BCUT2D eigenvalue weighted by molar-refractivity contribution is 0.0752. The van der Waals surface area contributed by atoms with Crippen molar-refractivity contribution in [2.45, 2.75) is 20.4 Å². The SMILES string of the molecule is CCN(Cc1cccc(N)c1)C(=O)c1ccc(F)c(C)c1. The average molecular weight is 286 g/mol. The molecule has 0 aliphatic carbocycles. The fourth-order valence-electron chi connectivity index (χ4n) is 2.20. The molecule has 4 heteroatoms. The second-order valence-electron chi connectivity index (χ2n) is 5.03. The van der Waals surface area contributed by atoms with Crippen LogP contribution in [-0.4, -0.2) is 17.4 Å². The Labute approximate surface area is 124 Å². The van der Waals surface area contributed by atoms with Crippen LogP contribution in [0.2, 0.25) is 0 Å². The van der Waals surface area contributed by atoms with E-state index in [9.17, 15) is 9.18 Å². The Bertz CT molecular complexity index is 655. The highest BCUT2D eigenvalue weighted by Crippen LogP contribution is 2.15. The van der Waals surface area contributed by atoms with E-state index in [1.54, 1.807) is 17.9 Å². The summed E-state index contributed by atoms with van der Waals surface area (Å²) in [7, 11) is 0. The number of anilines is 1. The molecule has 0 bridgehead atoms. The zero-order chi connectivity index (χ0) is 15.4. The minimum absolute atomic E-state index is 0.108. The van der Waals surface area contributed by atoms with Crippen LogP contribution in [0.5, 0.6) is 0 Å². The van der Waals surface area contributed by atoms with Gasteiger partial charge in [0.2, 0.25) is 0 Å². The summed E-state index contributed by atoms with van der Waals surface area (Å²) in [6.45, 7) is 4.63. The maximum Gasteiger partial charge on any atom is 0.254 e. The molecule has 3 nitrogen and oxygen atoms in total. The molecule has 0 radical (unpaired) electrons. The van der Waals surface area contributed by atoms with Crippen LogP contribution in [-0.2, 0) is 6.54 Å². The molecule has 0 aromatic heterocycles. The molecule has 2 aromatic carbocycles. The Morgan fingerprint density at radius 3 is 2.62 bits per heavy atom. The Kier molecular flexibility index (Phi) is 4.58. The van der Waals surface area contributed by atoms with Crippen molar-refractivity contribution in [3.05, 3.63) is 65.0 Å². The Balaban J connectivity index is 2.20. The van der Waals surface area contributed by atoms with E-state index in [0.717, 1.165) is 5.56 Å². The van der Waals surface area contributed by atoms with Crippen molar-refractivity contribution in [3.63, 3.8) is 0 Å². The quantitative estimate of drug-likeness (QED) is 0.876. The van der Waals surface area contributed by atoms with Gasteiger partial charge in [-0.3, -0.25) is 4.79 Å². The first-order valence-electron chi connectivity index (χ1n) is 6.91. The zero-order valence-electron chi connectivity index (χ0n) is 12.3. The number of hydrogen-bond acceptors (Lipinski definition) is 2. The van der Waals surface area contributed by atoms with Crippen molar-refractivity contribution in [1.82, 2.24) is 4.90 Å². The molecule has 0 aliphatic heterocycles. The molecule has 2 N–H and O–H groups in total. The molecule has 0 aliphatic rings. The minimum atomic E-state index is -0.301. The van der Waals surface area contributed by atoms with Gasteiger partial charge in [-0.1, -0.05) is 12.1 Å². The number of halogens is 1. The van der Waals surface area contributed by atoms with Crippen LogP contribution < -0.4 is 5.73 Å². The number of hydrogen-bond donors (Lipinski definition) is 1. The van der Waals surface area contributed by atoms with Crippen molar-refractivity contribution in [2.24, 2.45) is 0 Å². The smallest absolute Gasteiger partial charge is 0.254 e. The molecule has 1 amide bonds. The largest absolute Gasteiger partial charge is 0.399 e. The Hall–Kier alpha value is -2.36. The normalized spacial score (nSPS) is 10.4. The zero-order valence-corrected chi connectivity index (χ0v) is 12.3. The third-order valence-electron chi connectivity index (χ3n) is 3.40. The Morgan fingerprint density at radius 1 is 1.24 bits per heavy atom. The first-order chi connectivity index (χ1) is 10.0. The lowest BCUT2D eigenvalue weighted by Gasteiger charge is -2.21. The van der Waals surface area contributed by atoms with E-state index >= 15 is 0 Å². The van der Waals surface area contributed by atoms with Gasteiger partial charge in [0.15, 0.2) is 0 Å². The number of benzene rings is 2. The van der Waals surface area contributed by atoms with Crippen LogP contribution in [0.3, 0.4) is 0 Å². The maximum atomic E-state index is 13.3. The first-order valence-corrected chi connectivity index (χ1v) is 6.91. The maximum absolute atomic E-state index is 13.3. The molecule has 0 saturated carbocycles. The third kappa shape index (κ3) is 3.60. The molecule has 0 saturated heterocycles. The van der Waals surface area contributed by atoms with E-state index in [0.29, 0.717) is 29.9 Å². The van der Waals surface area contributed by atoms with Crippen LogP contribution in [0.1, 0.15) is 28.4 Å². The fraction of sp³-hybridized carbons (Fsp3) is 0.235. The van der Waals surface area contributed by atoms with E-state index in [1.165, 1.54) is 12.1 Å². The number of nitrogen functional groups attached to an aromatic ring is 1. The number of rotatable bonds is 4. The molecule has 2 rings (SSSR count). The van der Waals surface area contributed by atoms with E-state index in [1.807, 2.05) is 31.2 Å². The second kappa shape index (κ2) is 6.39. The Morgan fingerprint density at radius 2 is 2.00 bits per heavy atom. The van der Waals surface area contributed by atoms with Crippen molar-refractivity contribution in [2.75, 3.05) is 12.3 Å². The highest BCUT2D eigenvalue weighted by Gasteiger charge is 2.15. The van der Waals surface area contributed by atoms with Crippen molar-refractivity contribution >= 4 is 11.6 Å². The predicted octanol–water partition coefficient (Wildman–Crippen LogP) is 3.38. The van der Waals surface area contributed by atoms with Gasteiger partial charge in [-0.25, -0.2) is 4.39 Å². The molecule has 0 fully saturated rings. The van der Waals surface area contributed by atoms with Crippen LogP contribution in [0, 0.1) is 12.7 Å². The van der Waals surface area contributed by atoms with Crippen LogP contribution in [0.15, 0.2) is 42.5 Å². The van der Waals surface area contributed by atoms with Crippen LogP contribution >= 0.6 is 0 Å². The molecule has 110 valence electrons. The van der Waals surface area contributed by atoms with E-state index in [2.05, 4.69) is 0 Å². The summed E-state index contributed by atoms with van der Waals surface area (Å²) in [6.07, 6.45) is 0. The number of carbonyl (C=O) groups is 1. The van der Waals surface area contributed by atoms with Gasteiger partial charge in [0, 0.05) is 24.3 Å². The van der Waals surface area contributed by atoms with Crippen molar-refractivity contribution in [3.8, 4) is 0 Å². The molecule has 0 unspecified atom stereocenters. The van der Waals surface area contributed by atoms with Gasteiger partial charge in [0.05, 0.1) is 0 Å². The van der Waals surface area contributed by atoms with E-state index in [-0.39, 0.29) is 11.7 Å². The van der Waals surface area contributed by atoms with Gasteiger partial charge in [-0.2, -0.15) is 0 Å². The number of carbonyl (C=O) groups excluding carboxylic acids is 1. The summed E-state index contributed by atoms with van der Waals surface area (Å²) in [5.74, 6) is -0.409. The lowest BCUT2D eigenvalue weighted by Crippen LogP contribution is -2.30. The average Bonchev–Trinajstić information content (AvgIpc) is 2.47. The summed E-state index contributed by atoms with van der Waals surface area (Å²) >= 11 is 0. The van der Waals surface area contributed by atoms with Crippen LogP contribution in [0.4, 0.5) is 10.1 Å². The standard InChI is InChI=1S/C17H19FN2O/c1-3-20(11-13-5-4-6-15(19)10-13)17(21)14-7-8-16(18)12(2)9-14/h4-10H,3,11,19H2,1-2H3. The van der Waals surface area contributed by atoms with Gasteiger partial charge in [0.25, 0.3) is 5.91 Å².